The summed E-state index contributed by atoms with van der Waals surface area (Å²) in [7, 11) is 0. The molecular weight excluding hydrogens is 260 g/mol. The number of aromatic nitrogens is 1. The molecule has 0 unspecified atom stereocenters. The number of benzene rings is 1. The van der Waals surface area contributed by atoms with Crippen LogP contribution in [0.25, 0.3) is 10.9 Å². The Bertz CT molecular complexity index is 609. The van der Waals surface area contributed by atoms with Gasteiger partial charge in [0.05, 0.1) is 5.52 Å². The van der Waals surface area contributed by atoms with Gasteiger partial charge >= 0.3 is 0 Å². The topological polar surface area (TPSA) is 46.2 Å². The van der Waals surface area contributed by atoms with Crippen molar-refractivity contribution in [3.8, 4) is 0 Å². The molecule has 1 saturated heterocycles. The van der Waals surface area contributed by atoms with Crippen LogP contribution < -0.4 is 11.1 Å². The van der Waals surface area contributed by atoms with Gasteiger partial charge in [-0.25, -0.2) is 0 Å². The molecule has 1 aliphatic heterocycles. The first-order valence-electron chi connectivity index (χ1n) is 7.95. The first-order valence-corrected chi connectivity index (χ1v) is 7.95. The highest BCUT2D eigenvalue weighted by atomic mass is 15.2. The van der Waals surface area contributed by atoms with Gasteiger partial charge in [0.25, 0.3) is 0 Å². The molecule has 2 heterocycles. The number of hydrogen-bond acceptors (Lipinski definition) is 3. The largest absolute Gasteiger partial charge is 0.341 e. The molecule has 0 saturated carbocycles. The Kier molecular flexibility index (Phi) is 4.29. The van der Waals surface area contributed by atoms with Crippen LogP contribution in [-0.4, -0.2) is 35.6 Å². The molecule has 0 bridgehead atoms. The Morgan fingerprint density at radius 1 is 1.24 bits per heavy atom. The standard InChI is InChI=1S/C17H26N4/c1-13(2)21-16(12-20-8-6-19-7-9-20)10-14-4-3-5-15(11-18)17(14)21/h3-5,10,13,19H,6-9,11-12,18H2,1-2H3. The van der Waals surface area contributed by atoms with E-state index in [1.54, 1.807) is 0 Å². The molecule has 2 aromatic rings. The highest BCUT2D eigenvalue weighted by Gasteiger charge is 2.17. The molecule has 114 valence electrons. The molecule has 4 heteroatoms. The van der Waals surface area contributed by atoms with Crippen molar-refractivity contribution in [3.63, 3.8) is 0 Å². The average Bonchev–Trinajstić information content (AvgIpc) is 2.86. The second kappa shape index (κ2) is 6.18. The minimum Gasteiger partial charge on any atom is -0.341 e. The molecule has 4 nitrogen and oxygen atoms in total. The molecule has 0 amide bonds. The number of nitrogens with one attached hydrogen (secondary N) is 1. The number of rotatable bonds is 4. The van der Waals surface area contributed by atoms with Crippen LogP contribution in [0.4, 0.5) is 0 Å². The Labute approximate surface area is 126 Å². The van der Waals surface area contributed by atoms with E-state index < -0.39 is 0 Å². The predicted molar refractivity (Wildman–Crippen MR) is 88.4 cm³/mol. The van der Waals surface area contributed by atoms with E-state index in [4.69, 9.17) is 5.73 Å². The second-order valence-corrected chi connectivity index (χ2v) is 6.18. The Morgan fingerprint density at radius 3 is 2.67 bits per heavy atom. The lowest BCUT2D eigenvalue weighted by atomic mass is 10.1. The van der Waals surface area contributed by atoms with E-state index in [9.17, 15) is 0 Å². The highest BCUT2D eigenvalue weighted by molar-refractivity contribution is 5.84. The zero-order chi connectivity index (χ0) is 14.8. The van der Waals surface area contributed by atoms with E-state index >= 15 is 0 Å². The SMILES string of the molecule is CC(C)n1c(CN2CCNCC2)cc2cccc(CN)c21. The molecule has 3 rings (SSSR count). The van der Waals surface area contributed by atoms with Crippen LogP contribution in [0.15, 0.2) is 24.3 Å². The van der Waals surface area contributed by atoms with Crippen molar-refractivity contribution in [1.82, 2.24) is 14.8 Å². The van der Waals surface area contributed by atoms with Crippen molar-refractivity contribution in [2.24, 2.45) is 5.73 Å². The fourth-order valence-corrected chi connectivity index (χ4v) is 3.39. The minimum absolute atomic E-state index is 0.452. The summed E-state index contributed by atoms with van der Waals surface area (Å²) in [5.74, 6) is 0. The van der Waals surface area contributed by atoms with E-state index in [0.717, 1.165) is 32.7 Å². The summed E-state index contributed by atoms with van der Waals surface area (Å²) in [5.41, 5.74) is 9.91. The van der Waals surface area contributed by atoms with Gasteiger partial charge < -0.3 is 15.6 Å². The maximum Gasteiger partial charge on any atom is 0.0530 e. The number of nitrogens with two attached hydrogens (primary N) is 1. The summed E-state index contributed by atoms with van der Waals surface area (Å²) in [6, 6.07) is 9.26. The highest BCUT2D eigenvalue weighted by Crippen LogP contribution is 2.28. The van der Waals surface area contributed by atoms with Crippen LogP contribution in [0.3, 0.4) is 0 Å². The molecule has 3 N–H and O–H groups in total. The quantitative estimate of drug-likeness (QED) is 0.904. The molecule has 21 heavy (non-hydrogen) atoms. The second-order valence-electron chi connectivity index (χ2n) is 6.18. The van der Waals surface area contributed by atoms with Crippen LogP contribution >= 0.6 is 0 Å². The summed E-state index contributed by atoms with van der Waals surface area (Å²) in [6.07, 6.45) is 0. The van der Waals surface area contributed by atoms with Gasteiger partial charge in [-0.05, 0) is 25.5 Å². The summed E-state index contributed by atoms with van der Waals surface area (Å²) in [4.78, 5) is 2.53. The van der Waals surface area contributed by atoms with Gasteiger partial charge in [-0.3, -0.25) is 4.90 Å². The molecular formula is C17H26N4. The lowest BCUT2D eigenvalue weighted by molar-refractivity contribution is 0.227. The third kappa shape index (κ3) is 2.84. The van der Waals surface area contributed by atoms with E-state index in [0.29, 0.717) is 12.6 Å². The first-order chi connectivity index (χ1) is 10.2. The number of para-hydroxylation sites is 1. The van der Waals surface area contributed by atoms with Gasteiger partial charge in [0.15, 0.2) is 0 Å². The minimum atomic E-state index is 0.452. The molecule has 0 spiro atoms. The van der Waals surface area contributed by atoms with Crippen molar-refractivity contribution in [1.29, 1.82) is 0 Å². The number of hydrogen-bond donors (Lipinski definition) is 2. The molecule has 0 atom stereocenters. The van der Waals surface area contributed by atoms with Crippen LogP contribution in [0.1, 0.15) is 31.1 Å². The van der Waals surface area contributed by atoms with Crippen molar-refractivity contribution < 1.29 is 0 Å². The smallest absolute Gasteiger partial charge is 0.0530 e. The van der Waals surface area contributed by atoms with Gasteiger partial charge in [0.2, 0.25) is 0 Å². The van der Waals surface area contributed by atoms with E-state index in [-0.39, 0.29) is 0 Å². The lowest BCUT2D eigenvalue weighted by Crippen LogP contribution is -2.43. The van der Waals surface area contributed by atoms with Gasteiger partial charge in [0, 0.05) is 56.4 Å². The van der Waals surface area contributed by atoms with Gasteiger partial charge in [-0.15, -0.1) is 0 Å². The molecule has 1 fully saturated rings. The van der Waals surface area contributed by atoms with Gasteiger partial charge in [-0.1, -0.05) is 18.2 Å². The Balaban J connectivity index is 2.02. The van der Waals surface area contributed by atoms with E-state index in [2.05, 4.69) is 52.9 Å². The molecule has 1 aliphatic rings. The van der Waals surface area contributed by atoms with Crippen molar-refractivity contribution in [2.45, 2.75) is 33.0 Å². The monoisotopic (exact) mass is 286 g/mol. The maximum atomic E-state index is 5.95. The third-order valence-electron chi connectivity index (χ3n) is 4.35. The maximum absolute atomic E-state index is 5.95. The van der Waals surface area contributed by atoms with Crippen molar-refractivity contribution >= 4 is 10.9 Å². The summed E-state index contributed by atoms with van der Waals surface area (Å²) in [6.45, 7) is 10.6. The summed E-state index contributed by atoms with van der Waals surface area (Å²) >= 11 is 0. The molecule has 0 radical (unpaired) electrons. The molecule has 1 aromatic carbocycles. The van der Waals surface area contributed by atoms with E-state index in [1.807, 2.05) is 0 Å². The summed E-state index contributed by atoms with van der Waals surface area (Å²) < 4.78 is 2.47. The number of fused-ring (bicyclic) bond motifs is 1. The third-order valence-corrected chi connectivity index (χ3v) is 4.35. The lowest BCUT2D eigenvalue weighted by Gasteiger charge is -2.28. The summed E-state index contributed by atoms with van der Waals surface area (Å²) in [5, 5.41) is 4.73. The fraction of sp³-hybridized carbons (Fsp3) is 0.529. The number of piperazine rings is 1. The van der Waals surface area contributed by atoms with Crippen LogP contribution in [0.2, 0.25) is 0 Å². The molecule has 0 aliphatic carbocycles. The number of nitrogens with zero attached hydrogens (tertiary/aromatic N) is 2. The predicted octanol–water partition coefficient (Wildman–Crippen LogP) is 2.09. The first kappa shape index (κ1) is 14.6. The van der Waals surface area contributed by atoms with Crippen molar-refractivity contribution in [3.05, 3.63) is 35.5 Å². The molecule has 1 aromatic heterocycles. The van der Waals surface area contributed by atoms with Crippen LogP contribution in [-0.2, 0) is 13.1 Å². The van der Waals surface area contributed by atoms with Crippen LogP contribution in [0, 0.1) is 0 Å². The normalized spacial score (nSPS) is 17.0. The van der Waals surface area contributed by atoms with Gasteiger partial charge in [-0.2, -0.15) is 0 Å². The van der Waals surface area contributed by atoms with E-state index in [1.165, 1.54) is 22.2 Å². The zero-order valence-electron chi connectivity index (χ0n) is 13.1. The zero-order valence-corrected chi connectivity index (χ0v) is 13.1. The Hall–Kier alpha value is -1.36. The van der Waals surface area contributed by atoms with Gasteiger partial charge in [0.1, 0.15) is 0 Å². The average molecular weight is 286 g/mol. The Morgan fingerprint density at radius 2 is 2.00 bits per heavy atom. The van der Waals surface area contributed by atoms with Crippen LogP contribution in [0.5, 0.6) is 0 Å². The van der Waals surface area contributed by atoms with Crippen molar-refractivity contribution in [2.75, 3.05) is 26.2 Å². The fourth-order valence-electron chi connectivity index (χ4n) is 3.39.